The van der Waals surface area contributed by atoms with Gasteiger partial charge in [0, 0.05) is 6.04 Å². The summed E-state index contributed by atoms with van der Waals surface area (Å²) < 4.78 is 0. The average Bonchev–Trinajstić information content (AvgIpc) is 2.11. The molecule has 0 aromatic carbocycles. The Labute approximate surface area is 81.7 Å². The molecule has 0 radical (unpaired) electrons. The molecule has 1 nitrogen and oxygen atoms in total. The van der Waals surface area contributed by atoms with E-state index in [2.05, 4.69) is 25.5 Å². The maximum Gasteiger partial charge on any atom is 0.00614 e. The van der Waals surface area contributed by atoms with Crippen molar-refractivity contribution in [3.63, 3.8) is 0 Å². The zero-order valence-electron chi connectivity index (χ0n) is 8.73. The van der Waals surface area contributed by atoms with Crippen molar-refractivity contribution < 1.29 is 0 Å². The van der Waals surface area contributed by atoms with Gasteiger partial charge in [-0.1, -0.05) is 19.8 Å². The minimum atomic E-state index is 0.749. The third kappa shape index (κ3) is 6.99. The number of hydrogen-bond donors (Lipinski definition) is 1. The second-order valence-corrected chi connectivity index (χ2v) is 4.22. The Kier molecular flexibility index (Phi) is 9.64. The van der Waals surface area contributed by atoms with Gasteiger partial charge in [-0.3, -0.25) is 0 Å². The first-order valence-electron chi connectivity index (χ1n) is 5.01. The van der Waals surface area contributed by atoms with Crippen molar-refractivity contribution in [2.24, 2.45) is 0 Å². The molecule has 0 aliphatic carbocycles. The van der Waals surface area contributed by atoms with Crippen molar-refractivity contribution in [2.45, 2.75) is 45.1 Å². The number of thioether (sulfide) groups is 1. The first kappa shape index (κ1) is 12.3. The highest BCUT2D eigenvalue weighted by molar-refractivity contribution is 7.98. The summed E-state index contributed by atoms with van der Waals surface area (Å²) in [5.74, 6) is 1.33. The number of hydrogen-bond acceptors (Lipinski definition) is 2. The Bertz CT molecular complexity index is 81.9. The molecular weight excluding hydrogens is 166 g/mol. The van der Waals surface area contributed by atoms with Gasteiger partial charge in [0.1, 0.15) is 0 Å². The topological polar surface area (TPSA) is 12.0 Å². The monoisotopic (exact) mass is 189 g/mol. The van der Waals surface area contributed by atoms with Gasteiger partial charge in [-0.2, -0.15) is 11.8 Å². The van der Waals surface area contributed by atoms with Crippen LogP contribution in [-0.2, 0) is 0 Å². The van der Waals surface area contributed by atoms with Crippen LogP contribution >= 0.6 is 11.8 Å². The van der Waals surface area contributed by atoms with Crippen molar-refractivity contribution in [1.29, 1.82) is 0 Å². The maximum atomic E-state index is 3.34. The second-order valence-electron chi connectivity index (χ2n) is 3.24. The molecule has 0 saturated heterocycles. The van der Waals surface area contributed by atoms with Gasteiger partial charge in [0.05, 0.1) is 0 Å². The first-order chi connectivity index (χ1) is 5.85. The zero-order chi connectivity index (χ0) is 9.23. The van der Waals surface area contributed by atoms with Gasteiger partial charge < -0.3 is 5.32 Å². The van der Waals surface area contributed by atoms with Gasteiger partial charge in [0.15, 0.2) is 0 Å². The summed E-state index contributed by atoms with van der Waals surface area (Å²) in [6.45, 7) is 2.25. The average molecular weight is 189 g/mol. The molecule has 0 rings (SSSR count). The lowest BCUT2D eigenvalue weighted by molar-refractivity contribution is 0.481. The highest BCUT2D eigenvalue weighted by Crippen LogP contribution is 2.08. The molecule has 1 N–H and O–H groups in total. The van der Waals surface area contributed by atoms with Gasteiger partial charge in [0.2, 0.25) is 0 Å². The van der Waals surface area contributed by atoms with Crippen LogP contribution in [0.25, 0.3) is 0 Å². The highest BCUT2D eigenvalue weighted by atomic mass is 32.2. The molecule has 74 valence electrons. The Hall–Kier alpha value is 0.310. The lowest BCUT2D eigenvalue weighted by Gasteiger charge is -2.12. The summed E-state index contributed by atoms with van der Waals surface area (Å²) in [6.07, 6.45) is 8.98. The summed E-state index contributed by atoms with van der Waals surface area (Å²) in [4.78, 5) is 0. The van der Waals surface area contributed by atoms with Gasteiger partial charge in [-0.15, -0.1) is 0 Å². The van der Waals surface area contributed by atoms with E-state index in [0.29, 0.717) is 0 Å². The van der Waals surface area contributed by atoms with Crippen LogP contribution in [-0.4, -0.2) is 25.1 Å². The Morgan fingerprint density at radius 2 is 2.00 bits per heavy atom. The summed E-state index contributed by atoms with van der Waals surface area (Å²) in [5.41, 5.74) is 0. The molecule has 0 heterocycles. The number of rotatable bonds is 8. The van der Waals surface area contributed by atoms with Gasteiger partial charge in [-0.25, -0.2) is 0 Å². The van der Waals surface area contributed by atoms with Crippen molar-refractivity contribution in [1.82, 2.24) is 5.32 Å². The molecule has 1 unspecified atom stereocenters. The van der Waals surface area contributed by atoms with Crippen molar-refractivity contribution in [2.75, 3.05) is 19.1 Å². The Morgan fingerprint density at radius 1 is 1.25 bits per heavy atom. The third-order valence-corrected chi connectivity index (χ3v) is 3.00. The summed E-state index contributed by atoms with van der Waals surface area (Å²) in [5, 5.41) is 3.34. The molecule has 0 bridgehead atoms. The Balaban J connectivity index is 3.06. The normalized spacial score (nSPS) is 13.2. The van der Waals surface area contributed by atoms with E-state index in [4.69, 9.17) is 0 Å². The van der Waals surface area contributed by atoms with Crippen molar-refractivity contribution in [3.8, 4) is 0 Å². The van der Waals surface area contributed by atoms with E-state index in [0.717, 1.165) is 6.04 Å². The molecular formula is C10H23NS. The molecule has 2 heteroatoms. The predicted octanol–water partition coefficient (Wildman–Crippen LogP) is 2.91. The fourth-order valence-corrected chi connectivity index (χ4v) is 1.86. The molecule has 1 atom stereocenters. The van der Waals surface area contributed by atoms with E-state index < -0.39 is 0 Å². The van der Waals surface area contributed by atoms with E-state index in [1.807, 2.05) is 11.8 Å². The SMILES string of the molecule is CCC(CCCCCSC)NC. The van der Waals surface area contributed by atoms with Crippen LogP contribution in [0.3, 0.4) is 0 Å². The first-order valence-corrected chi connectivity index (χ1v) is 6.40. The van der Waals surface area contributed by atoms with Crippen molar-refractivity contribution in [3.05, 3.63) is 0 Å². The molecule has 0 fully saturated rings. The van der Waals surface area contributed by atoms with E-state index in [1.165, 1.54) is 37.9 Å². The minimum absolute atomic E-state index is 0.749. The van der Waals surface area contributed by atoms with Crippen LogP contribution in [0.4, 0.5) is 0 Å². The number of unbranched alkanes of at least 4 members (excludes halogenated alkanes) is 2. The highest BCUT2D eigenvalue weighted by Gasteiger charge is 2.00. The molecule has 0 aromatic rings. The molecule has 0 aromatic heterocycles. The van der Waals surface area contributed by atoms with Gasteiger partial charge >= 0.3 is 0 Å². The molecule has 0 spiro atoms. The summed E-state index contributed by atoms with van der Waals surface area (Å²) in [6, 6.07) is 0.749. The lowest BCUT2D eigenvalue weighted by atomic mass is 10.1. The van der Waals surface area contributed by atoms with E-state index >= 15 is 0 Å². The lowest BCUT2D eigenvalue weighted by Crippen LogP contribution is -2.23. The molecule has 0 aliphatic heterocycles. The zero-order valence-corrected chi connectivity index (χ0v) is 9.54. The van der Waals surface area contributed by atoms with Crippen molar-refractivity contribution >= 4 is 11.8 Å². The van der Waals surface area contributed by atoms with Gasteiger partial charge in [0.25, 0.3) is 0 Å². The van der Waals surface area contributed by atoms with Crippen LogP contribution in [0.1, 0.15) is 39.0 Å². The Morgan fingerprint density at radius 3 is 2.50 bits per heavy atom. The molecule has 0 aliphatic rings. The quantitative estimate of drug-likeness (QED) is 0.589. The van der Waals surface area contributed by atoms with Gasteiger partial charge in [-0.05, 0) is 38.3 Å². The second kappa shape index (κ2) is 9.40. The minimum Gasteiger partial charge on any atom is -0.317 e. The van der Waals surface area contributed by atoms with Crippen LogP contribution < -0.4 is 5.32 Å². The number of nitrogens with one attached hydrogen (secondary N) is 1. The van der Waals surface area contributed by atoms with Crippen LogP contribution in [0.15, 0.2) is 0 Å². The fourth-order valence-electron chi connectivity index (χ4n) is 1.37. The maximum absolute atomic E-state index is 3.34. The summed E-state index contributed by atoms with van der Waals surface area (Å²) >= 11 is 1.96. The third-order valence-electron chi connectivity index (χ3n) is 2.30. The van der Waals surface area contributed by atoms with Crippen LogP contribution in [0.2, 0.25) is 0 Å². The smallest absolute Gasteiger partial charge is 0.00614 e. The molecule has 0 saturated carbocycles. The molecule has 12 heavy (non-hydrogen) atoms. The van der Waals surface area contributed by atoms with E-state index in [9.17, 15) is 0 Å². The fraction of sp³-hybridized carbons (Fsp3) is 1.00. The summed E-state index contributed by atoms with van der Waals surface area (Å²) in [7, 11) is 2.07. The largest absolute Gasteiger partial charge is 0.317 e. The van der Waals surface area contributed by atoms with Crippen LogP contribution in [0, 0.1) is 0 Å². The predicted molar refractivity (Wildman–Crippen MR) is 60.0 cm³/mol. The standard InChI is InChI=1S/C10H23NS/c1-4-10(11-2)8-6-5-7-9-12-3/h10-11H,4-9H2,1-3H3. The van der Waals surface area contributed by atoms with E-state index in [1.54, 1.807) is 0 Å². The van der Waals surface area contributed by atoms with Crippen LogP contribution in [0.5, 0.6) is 0 Å². The molecule has 0 amide bonds. The van der Waals surface area contributed by atoms with E-state index in [-0.39, 0.29) is 0 Å².